The van der Waals surface area contributed by atoms with Gasteiger partial charge in [-0.1, -0.05) is 12.1 Å². The molecule has 0 aliphatic rings. The van der Waals surface area contributed by atoms with Crippen LogP contribution in [0.25, 0.3) is 0 Å². The molecule has 2 N–H and O–H groups in total. The number of rotatable bonds is 4. The van der Waals surface area contributed by atoms with Crippen LogP contribution in [0, 0.1) is 6.92 Å². The highest BCUT2D eigenvalue weighted by Crippen LogP contribution is 2.10. The van der Waals surface area contributed by atoms with Gasteiger partial charge in [-0.05, 0) is 43.7 Å². The number of esters is 1. The largest absolute Gasteiger partial charge is 0.449 e. The predicted molar refractivity (Wildman–Crippen MR) is 81.7 cm³/mol. The number of aromatic amines is 1. The molecule has 1 atom stereocenters. The highest BCUT2D eigenvalue weighted by Gasteiger charge is 2.20. The van der Waals surface area contributed by atoms with Gasteiger partial charge in [0, 0.05) is 11.9 Å². The van der Waals surface area contributed by atoms with E-state index in [4.69, 9.17) is 4.74 Å². The van der Waals surface area contributed by atoms with Crippen molar-refractivity contribution in [2.24, 2.45) is 0 Å². The molecule has 0 fully saturated rings. The van der Waals surface area contributed by atoms with Gasteiger partial charge in [-0.25, -0.2) is 4.79 Å². The van der Waals surface area contributed by atoms with Crippen molar-refractivity contribution in [2.75, 3.05) is 5.32 Å². The number of aromatic nitrogens is 1. The molecule has 0 spiro atoms. The number of ether oxygens (including phenoxy) is 1. The molecule has 0 unspecified atom stereocenters. The van der Waals surface area contributed by atoms with Crippen molar-refractivity contribution in [2.45, 2.75) is 20.0 Å². The summed E-state index contributed by atoms with van der Waals surface area (Å²) in [6.45, 7) is 3.35. The van der Waals surface area contributed by atoms with Gasteiger partial charge in [0.2, 0.25) is 0 Å². The number of pyridine rings is 1. The SMILES string of the molecule is Cc1cccc(NC(=O)[C@H](C)OC(=O)c2ccc[nH]c2=O)c1. The van der Waals surface area contributed by atoms with Crippen molar-refractivity contribution < 1.29 is 14.3 Å². The number of hydrogen-bond donors (Lipinski definition) is 2. The summed E-state index contributed by atoms with van der Waals surface area (Å²) < 4.78 is 5.01. The maximum Gasteiger partial charge on any atom is 0.344 e. The zero-order valence-electron chi connectivity index (χ0n) is 12.3. The van der Waals surface area contributed by atoms with Crippen LogP contribution in [0.2, 0.25) is 0 Å². The van der Waals surface area contributed by atoms with Crippen LogP contribution in [0.1, 0.15) is 22.8 Å². The van der Waals surface area contributed by atoms with Crippen molar-refractivity contribution in [1.82, 2.24) is 4.98 Å². The van der Waals surface area contributed by atoms with E-state index in [1.807, 2.05) is 19.1 Å². The molecule has 1 amide bonds. The Morgan fingerprint density at radius 2 is 2.00 bits per heavy atom. The Hall–Kier alpha value is -2.89. The molecule has 0 bridgehead atoms. The van der Waals surface area contributed by atoms with Crippen molar-refractivity contribution in [3.8, 4) is 0 Å². The second-order valence-corrected chi connectivity index (χ2v) is 4.82. The van der Waals surface area contributed by atoms with Gasteiger partial charge in [0.15, 0.2) is 6.10 Å². The molecule has 0 saturated carbocycles. The number of anilines is 1. The molecule has 2 aromatic rings. The summed E-state index contributed by atoms with van der Waals surface area (Å²) in [7, 11) is 0. The predicted octanol–water partition coefficient (Wildman–Crippen LogP) is 1.87. The minimum atomic E-state index is -1.02. The number of H-pyrrole nitrogens is 1. The third kappa shape index (κ3) is 3.82. The van der Waals surface area contributed by atoms with Crippen molar-refractivity contribution in [3.63, 3.8) is 0 Å². The molecule has 22 heavy (non-hydrogen) atoms. The molecule has 0 saturated heterocycles. The van der Waals surface area contributed by atoms with Gasteiger partial charge in [0.25, 0.3) is 11.5 Å². The Morgan fingerprint density at radius 3 is 2.68 bits per heavy atom. The zero-order valence-corrected chi connectivity index (χ0v) is 12.3. The number of hydrogen-bond acceptors (Lipinski definition) is 4. The van der Waals surface area contributed by atoms with Crippen LogP contribution in [0.5, 0.6) is 0 Å². The minimum absolute atomic E-state index is 0.141. The average Bonchev–Trinajstić information content (AvgIpc) is 2.47. The van der Waals surface area contributed by atoms with Crippen LogP contribution in [-0.2, 0) is 9.53 Å². The molecule has 0 aliphatic heterocycles. The van der Waals surface area contributed by atoms with Crippen LogP contribution in [0.15, 0.2) is 47.4 Å². The first kappa shape index (κ1) is 15.5. The standard InChI is InChI=1S/C16H16N2O4/c1-10-5-3-6-12(9-10)18-14(19)11(2)22-16(21)13-7-4-8-17-15(13)20/h3-9,11H,1-2H3,(H,17,20)(H,18,19)/t11-/m0/s1. The van der Waals surface area contributed by atoms with E-state index in [1.165, 1.54) is 25.3 Å². The summed E-state index contributed by atoms with van der Waals surface area (Å²) >= 11 is 0. The van der Waals surface area contributed by atoms with Crippen LogP contribution >= 0.6 is 0 Å². The molecule has 6 heteroatoms. The topological polar surface area (TPSA) is 88.3 Å². The summed E-state index contributed by atoms with van der Waals surface area (Å²) in [5.74, 6) is -1.31. The molecule has 1 aromatic heterocycles. The number of nitrogens with one attached hydrogen (secondary N) is 2. The lowest BCUT2D eigenvalue weighted by Crippen LogP contribution is -2.31. The van der Waals surface area contributed by atoms with Crippen molar-refractivity contribution in [3.05, 3.63) is 64.1 Å². The molecule has 1 heterocycles. The molecule has 2 rings (SSSR count). The molecular weight excluding hydrogens is 284 g/mol. The summed E-state index contributed by atoms with van der Waals surface area (Å²) in [4.78, 5) is 37.7. The van der Waals surface area contributed by atoms with E-state index >= 15 is 0 Å². The third-order valence-corrected chi connectivity index (χ3v) is 2.98. The normalized spacial score (nSPS) is 11.5. The Bertz CT molecular complexity index is 752. The van der Waals surface area contributed by atoms with Crippen molar-refractivity contribution in [1.29, 1.82) is 0 Å². The first-order valence-electron chi connectivity index (χ1n) is 6.73. The fourth-order valence-electron chi connectivity index (χ4n) is 1.83. The Kier molecular flexibility index (Phi) is 4.73. The van der Waals surface area contributed by atoms with Gasteiger partial charge in [-0.2, -0.15) is 0 Å². The number of amides is 1. The first-order valence-corrected chi connectivity index (χ1v) is 6.73. The number of aryl methyl sites for hydroxylation is 1. The molecule has 0 aliphatic carbocycles. The van der Waals surface area contributed by atoms with Crippen LogP contribution < -0.4 is 10.9 Å². The average molecular weight is 300 g/mol. The van der Waals surface area contributed by atoms with E-state index in [-0.39, 0.29) is 5.56 Å². The fraction of sp³-hybridized carbons (Fsp3) is 0.188. The second kappa shape index (κ2) is 6.71. The van der Waals surface area contributed by atoms with Crippen LogP contribution in [0.4, 0.5) is 5.69 Å². The smallest absolute Gasteiger partial charge is 0.344 e. The number of carbonyl (C=O) groups is 2. The zero-order chi connectivity index (χ0) is 16.1. The molecular formula is C16H16N2O4. The molecule has 114 valence electrons. The van der Waals surface area contributed by atoms with Gasteiger partial charge in [-0.15, -0.1) is 0 Å². The maximum atomic E-state index is 12.0. The van der Waals surface area contributed by atoms with Crippen molar-refractivity contribution >= 4 is 17.6 Å². The summed E-state index contributed by atoms with van der Waals surface area (Å²) in [6.07, 6.45) is 0.389. The van der Waals surface area contributed by atoms with Crippen LogP contribution in [-0.4, -0.2) is 23.0 Å². The highest BCUT2D eigenvalue weighted by atomic mass is 16.5. The molecule has 1 aromatic carbocycles. The Morgan fingerprint density at radius 1 is 1.23 bits per heavy atom. The number of carbonyl (C=O) groups excluding carboxylic acids is 2. The first-order chi connectivity index (χ1) is 10.5. The van der Waals surface area contributed by atoms with E-state index in [0.717, 1.165) is 5.56 Å². The van der Waals surface area contributed by atoms with Gasteiger partial charge in [0.1, 0.15) is 5.56 Å². The van der Waals surface area contributed by atoms with Gasteiger partial charge >= 0.3 is 5.97 Å². The summed E-state index contributed by atoms with van der Waals surface area (Å²) in [5.41, 5.74) is 0.917. The maximum absolute atomic E-state index is 12.0. The summed E-state index contributed by atoms with van der Waals surface area (Å²) in [5, 5.41) is 2.65. The quantitative estimate of drug-likeness (QED) is 0.844. The van der Waals surface area contributed by atoms with Gasteiger partial charge in [-0.3, -0.25) is 9.59 Å². The van der Waals surface area contributed by atoms with Crippen LogP contribution in [0.3, 0.4) is 0 Å². The van der Waals surface area contributed by atoms with E-state index in [9.17, 15) is 14.4 Å². The van der Waals surface area contributed by atoms with E-state index in [1.54, 1.807) is 12.1 Å². The van der Waals surface area contributed by atoms with E-state index in [2.05, 4.69) is 10.3 Å². The lowest BCUT2D eigenvalue weighted by molar-refractivity contribution is -0.123. The second-order valence-electron chi connectivity index (χ2n) is 4.82. The Labute approximate surface area is 127 Å². The number of benzene rings is 1. The van der Waals surface area contributed by atoms with Gasteiger partial charge < -0.3 is 15.0 Å². The summed E-state index contributed by atoms with van der Waals surface area (Å²) in [6, 6.07) is 10.1. The van der Waals surface area contributed by atoms with E-state index in [0.29, 0.717) is 5.69 Å². The lowest BCUT2D eigenvalue weighted by Gasteiger charge is -2.13. The molecule has 0 radical (unpaired) electrons. The van der Waals surface area contributed by atoms with Gasteiger partial charge in [0.05, 0.1) is 0 Å². The lowest BCUT2D eigenvalue weighted by atomic mass is 10.2. The fourth-order valence-corrected chi connectivity index (χ4v) is 1.83. The minimum Gasteiger partial charge on any atom is -0.449 e. The Balaban J connectivity index is 2.01. The molecule has 6 nitrogen and oxygen atoms in total. The monoisotopic (exact) mass is 300 g/mol. The highest BCUT2D eigenvalue weighted by molar-refractivity contribution is 5.97. The van der Waals surface area contributed by atoms with E-state index < -0.39 is 23.5 Å². The third-order valence-electron chi connectivity index (χ3n) is 2.98.